The monoisotopic (exact) mass is 576 g/mol. The van der Waals surface area contributed by atoms with Gasteiger partial charge in [0, 0.05) is 51.0 Å². The largest absolute Gasteiger partial charge is 0.397 e. The lowest BCUT2D eigenvalue weighted by molar-refractivity contribution is 0.767. The van der Waals surface area contributed by atoms with E-state index in [1.165, 1.54) is 22.7 Å². The highest BCUT2D eigenvalue weighted by Gasteiger charge is 2.10. The molecule has 0 spiro atoms. The van der Waals surface area contributed by atoms with Crippen molar-refractivity contribution in [2.75, 3.05) is 48.5 Å². The summed E-state index contributed by atoms with van der Waals surface area (Å²) in [6.45, 7) is 6.33. The number of anilines is 4. The standard InChI is InChI=1S/C28H36N10S2/c1-5-7-13-37(3)19-9-11-23(21(29)15-19)33-35-27-31-17-25(39-27)26-18-32-28(40-26)36-34-24-12-10-20(16-22(24)30)38(4)14-8-6-2/h9-12,15-18H,5-8,13-14,29-30H2,1-4H3. The number of rotatable bonds is 13. The minimum atomic E-state index is 0.534. The predicted molar refractivity (Wildman–Crippen MR) is 170 cm³/mol. The van der Waals surface area contributed by atoms with Gasteiger partial charge in [-0.2, -0.15) is 0 Å². The molecule has 0 atom stereocenters. The van der Waals surface area contributed by atoms with Gasteiger partial charge in [-0.3, -0.25) is 0 Å². The summed E-state index contributed by atoms with van der Waals surface area (Å²) < 4.78 is 0. The average Bonchev–Trinajstić information content (AvgIpc) is 3.63. The summed E-state index contributed by atoms with van der Waals surface area (Å²) in [7, 11) is 4.13. The third kappa shape index (κ3) is 7.60. The Labute approximate surface area is 243 Å². The van der Waals surface area contributed by atoms with Crippen LogP contribution < -0.4 is 21.3 Å². The molecule has 2 aromatic carbocycles. The van der Waals surface area contributed by atoms with Crippen molar-refractivity contribution >= 4 is 67.1 Å². The van der Waals surface area contributed by atoms with Crippen LogP contribution in [0.5, 0.6) is 0 Å². The minimum Gasteiger partial charge on any atom is -0.397 e. The van der Waals surface area contributed by atoms with Crippen LogP contribution in [0.1, 0.15) is 39.5 Å². The van der Waals surface area contributed by atoms with Crippen molar-refractivity contribution in [3.63, 3.8) is 0 Å². The molecule has 0 saturated carbocycles. The highest BCUT2D eigenvalue weighted by Crippen LogP contribution is 2.38. The maximum Gasteiger partial charge on any atom is 0.230 e. The topological polar surface area (TPSA) is 134 Å². The van der Waals surface area contributed by atoms with Crippen molar-refractivity contribution in [2.45, 2.75) is 39.5 Å². The molecule has 40 heavy (non-hydrogen) atoms. The highest BCUT2D eigenvalue weighted by atomic mass is 32.1. The van der Waals surface area contributed by atoms with Gasteiger partial charge in [0.25, 0.3) is 0 Å². The van der Waals surface area contributed by atoms with Crippen LogP contribution in [0.4, 0.5) is 44.4 Å². The van der Waals surface area contributed by atoms with Gasteiger partial charge in [0.1, 0.15) is 11.4 Å². The summed E-state index contributed by atoms with van der Waals surface area (Å²) >= 11 is 2.84. The lowest BCUT2D eigenvalue weighted by atomic mass is 10.2. The zero-order chi connectivity index (χ0) is 28.5. The zero-order valence-electron chi connectivity index (χ0n) is 23.4. The van der Waals surface area contributed by atoms with Crippen LogP contribution in [0.3, 0.4) is 0 Å². The summed E-state index contributed by atoms with van der Waals surface area (Å²) in [5.41, 5.74) is 17.0. The summed E-state index contributed by atoms with van der Waals surface area (Å²) in [6, 6.07) is 11.6. The van der Waals surface area contributed by atoms with Gasteiger partial charge in [-0.1, -0.05) is 49.4 Å². The van der Waals surface area contributed by atoms with E-state index >= 15 is 0 Å². The predicted octanol–water partition coefficient (Wildman–Crippen LogP) is 8.73. The molecule has 0 fully saturated rings. The highest BCUT2D eigenvalue weighted by molar-refractivity contribution is 7.25. The molecule has 4 rings (SSSR count). The molecule has 10 nitrogen and oxygen atoms in total. The Kier molecular flexibility index (Phi) is 10.1. The van der Waals surface area contributed by atoms with Gasteiger partial charge in [0.2, 0.25) is 10.3 Å². The average molecular weight is 577 g/mol. The number of hydrogen-bond donors (Lipinski definition) is 2. The molecular weight excluding hydrogens is 541 g/mol. The molecular formula is C28H36N10S2. The van der Waals surface area contributed by atoms with E-state index in [4.69, 9.17) is 11.5 Å². The van der Waals surface area contributed by atoms with Crippen LogP contribution in [-0.2, 0) is 0 Å². The van der Waals surface area contributed by atoms with Gasteiger partial charge in [-0.25, -0.2) is 9.97 Å². The lowest BCUT2D eigenvalue weighted by Gasteiger charge is -2.19. The van der Waals surface area contributed by atoms with E-state index in [-0.39, 0.29) is 0 Å². The molecule has 12 heteroatoms. The van der Waals surface area contributed by atoms with Crippen molar-refractivity contribution in [3.8, 4) is 9.75 Å². The zero-order valence-corrected chi connectivity index (χ0v) is 25.0. The number of nitrogens with two attached hydrogens (primary N) is 2. The molecule has 4 aromatic rings. The second-order valence-corrected chi connectivity index (χ2v) is 11.5. The SMILES string of the molecule is CCCCN(C)c1ccc(N=Nc2ncc(-c3cnc(N=Nc4ccc(N(C)CCCC)cc4N)s3)s2)c(N)c1. The quantitative estimate of drug-likeness (QED) is 0.121. The number of aromatic nitrogens is 2. The van der Waals surface area contributed by atoms with Crippen LogP contribution >= 0.6 is 22.7 Å². The fraction of sp³-hybridized carbons (Fsp3) is 0.357. The Morgan fingerprint density at radius 2 is 1.10 bits per heavy atom. The Bertz CT molecular complexity index is 1350. The molecule has 0 aliphatic heterocycles. The van der Waals surface area contributed by atoms with Gasteiger partial charge in [0.15, 0.2) is 0 Å². The summed E-state index contributed by atoms with van der Waals surface area (Å²) in [4.78, 5) is 15.0. The first kappa shape index (κ1) is 29.1. The van der Waals surface area contributed by atoms with Crippen molar-refractivity contribution < 1.29 is 0 Å². The minimum absolute atomic E-state index is 0.534. The Morgan fingerprint density at radius 1 is 0.675 bits per heavy atom. The Balaban J connectivity index is 1.39. The van der Waals surface area contributed by atoms with E-state index in [0.29, 0.717) is 33.0 Å². The van der Waals surface area contributed by atoms with E-state index in [1.54, 1.807) is 12.4 Å². The van der Waals surface area contributed by atoms with E-state index < -0.39 is 0 Å². The van der Waals surface area contributed by atoms with E-state index in [2.05, 4.69) is 68.2 Å². The molecule has 0 bridgehead atoms. The molecule has 0 aliphatic rings. The number of thiazole rings is 2. The third-order valence-corrected chi connectivity index (χ3v) is 8.27. The second-order valence-electron chi connectivity index (χ2n) is 9.45. The smallest absolute Gasteiger partial charge is 0.230 e. The maximum absolute atomic E-state index is 6.24. The second kappa shape index (κ2) is 13.9. The van der Waals surface area contributed by atoms with Crippen molar-refractivity contribution in [1.29, 1.82) is 0 Å². The van der Waals surface area contributed by atoms with E-state index in [0.717, 1.165) is 59.9 Å². The summed E-state index contributed by atoms with van der Waals surface area (Å²) in [6.07, 6.45) is 8.08. The number of hydrogen-bond acceptors (Lipinski definition) is 12. The van der Waals surface area contributed by atoms with Gasteiger partial charge in [0.05, 0.1) is 21.1 Å². The van der Waals surface area contributed by atoms with Crippen LogP contribution in [-0.4, -0.2) is 37.2 Å². The molecule has 210 valence electrons. The maximum atomic E-state index is 6.24. The van der Waals surface area contributed by atoms with Gasteiger partial charge in [-0.05, 0) is 49.2 Å². The van der Waals surface area contributed by atoms with Gasteiger partial charge < -0.3 is 21.3 Å². The van der Waals surface area contributed by atoms with Crippen LogP contribution in [0.25, 0.3) is 9.75 Å². The fourth-order valence-corrected chi connectivity index (χ4v) is 5.37. The third-order valence-electron chi connectivity index (χ3n) is 6.31. The molecule has 4 N–H and O–H groups in total. The van der Waals surface area contributed by atoms with Crippen molar-refractivity contribution in [3.05, 3.63) is 48.8 Å². The fourth-order valence-electron chi connectivity index (χ4n) is 3.83. The summed E-state index contributed by atoms with van der Waals surface area (Å²) in [5.74, 6) is 0. The molecule has 0 saturated heterocycles. The molecule has 2 aromatic heterocycles. The Morgan fingerprint density at radius 3 is 1.48 bits per heavy atom. The number of unbranched alkanes of at least 4 members (excludes halogenated alkanes) is 2. The van der Waals surface area contributed by atoms with E-state index in [1.807, 2.05) is 36.4 Å². The van der Waals surface area contributed by atoms with Crippen LogP contribution in [0, 0.1) is 0 Å². The van der Waals surface area contributed by atoms with E-state index in [9.17, 15) is 0 Å². The summed E-state index contributed by atoms with van der Waals surface area (Å²) in [5, 5.41) is 18.3. The molecule has 0 radical (unpaired) electrons. The first-order chi connectivity index (χ1) is 19.4. The molecule has 0 aliphatic carbocycles. The number of benzene rings is 2. The normalized spacial score (nSPS) is 11.6. The van der Waals surface area contributed by atoms with Crippen molar-refractivity contribution in [1.82, 2.24) is 9.97 Å². The van der Waals surface area contributed by atoms with Crippen LogP contribution in [0.15, 0.2) is 69.2 Å². The van der Waals surface area contributed by atoms with Gasteiger partial charge in [-0.15, -0.1) is 20.5 Å². The molecule has 2 heterocycles. The number of nitrogen functional groups attached to an aromatic ring is 2. The Hall–Kier alpha value is -3.90. The van der Waals surface area contributed by atoms with Crippen molar-refractivity contribution in [2.24, 2.45) is 20.5 Å². The van der Waals surface area contributed by atoms with Gasteiger partial charge >= 0.3 is 0 Å². The lowest BCUT2D eigenvalue weighted by Crippen LogP contribution is -2.18. The first-order valence-electron chi connectivity index (χ1n) is 13.3. The number of nitrogens with zero attached hydrogens (tertiary/aromatic N) is 8. The first-order valence-corrected chi connectivity index (χ1v) is 15.0. The molecule has 0 amide bonds. The number of azo groups is 2. The van der Waals surface area contributed by atoms with Crippen LogP contribution in [0.2, 0.25) is 0 Å². The molecule has 0 unspecified atom stereocenters.